The van der Waals surface area contributed by atoms with Gasteiger partial charge in [0.15, 0.2) is 11.5 Å². The van der Waals surface area contributed by atoms with Gasteiger partial charge in [-0.2, -0.15) is 0 Å². The van der Waals surface area contributed by atoms with Crippen LogP contribution in [0.3, 0.4) is 0 Å². The number of nitrogens with one attached hydrogen (secondary N) is 1. The lowest BCUT2D eigenvalue weighted by Gasteiger charge is -2.45. The van der Waals surface area contributed by atoms with Crippen molar-refractivity contribution in [2.75, 3.05) is 26.2 Å². The van der Waals surface area contributed by atoms with Gasteiger partial charge in [-0.3, -0.25) is 0 Å². The molecule has 0 spiro atoms. The van der Waals surface area contributed by atoms with E-state index >= 15 is 0 Å². The lowest BCUT2D eigenvalue weighted by atomic mass is 9.84. The molecule has 3 fully saturated rings. The highest BCUT2D eigenvalue weighted by Gasteiger charge is 2.33. The van der Waals surface area contributed by atoms with E-state index in [0.29, 0.717) is 29.3 Å². The number of para-hydroxylation sites is 1. The Hall–Kier alpha value is -1.46. The van der Waals surface area contributed by atoms with Gasteiger partial charge >= 0.3 is 0 Å². The van der Waals surface area contributed by atoms with Crippen molar-refractivity contribution in [2.45, 2.75) is 39.0 Å². The minimum atomic E-state index is 0.368. The number of benzene rings is 2. The van der Waals surface area contributed by atoms with Crippen LogP contribution in [0.1, 0.15) is 30.9 Å². The van der Waals surface area contributed by atoms with Crippen molar-refractivity contribution < 1.29 is 9.47 Å². The SMILES string of the molecule is CCOc1cccc(CNC2CN3CCC2CC3)c1OCc1ccc(Cl)cc1Cl. The summed E-state index contributed by atoms with van der Waals surface area (Å²) in [6.07, 6.45) is 2.60. The number of hydrogen-bond donors (Lipinski definition) is 1. The zero-order chi connectivity index (χ0) is 20.2. The molecule has 3 heterocycles. The van der Waals surface area contributed by atoms with Crippen LogP contribution < -0.4 is 14.8 Å². The smallest absolute Gasteiger partial charge is 0.166 e. The van der Waals surface area contributed by atoms with E-state index in [1.54, 1.807) is 6.07 Å². The summed E-state index contributed by atoms with van der Waals surface area (Å²) in [5.74, 6) is 2.34. The normalized spacial score (nSPS) is 23.2. The highest BCUT2D eigenvalue weighted by molar-refractivity contribution is 6.35. The molecule has 3 aliphatic heterocycles. The number of fused-ring (bicyclic) bond motifs is 3. The fraction of sp³-hybridized carbons (Fsp3) is 0.478. The van der Waals surface area contributed by atoms with Gasteiger partial charge in [0.05, 0.1) is 6.61 Å². The molecule has 0 aromatic heterocycles. The van der Waals surface area contributed by atoms with E-state index in [1.165, 1.54) is 25.9 Å². The van der Waals surface area contributed by atoms with E-state index in [9.17, 15) is 0 Å². The molecule has 0 amide bonds. The monoisotopic (exact) mass is 434 g/mol. The molecule has 1 N–H and O–H groups in total. The van der Waals surface area contributed by atoms with Crippen molar-refractivity contribution in [3.63, 3.8) is 0 Å². The molecule has 3 aliphatic rings. The predicted molar refractivity (Wildman–Crippen MR) is 118 cm³/mol. The van der Waals surface area contributed by atoms with Gasteiger partial charge in [-0.15, -0.1) is 0 Å². The fourth-order valence-corrected chi connectivity index (χ4v) is 4.82. The first-order valence-corrected chi connectivity index (χ1v) is 11.2. The van der Waals surface area contributed by atoms with Crippen molar-refractivity contribution in [1.82, 2.24) is 10.2 Å². The Morgan fingerprint density at radius 3 is 2.59 bits per heavy atom. The maximum absolute atomic E-state index is 6.32. The Morgan fingerprint density at radius 2 is 1.90 bits per heavy atom. The molecular formula is C23H28Cl2N2O2. The molecule has 0 saturated carbocycles. The van der Waals surface area contributed by atoms with E-state index in [0.717, 1.165) is 41.6 Å². The Labute approximate surface area is 183 Å². The molecule has 0 radical (unpaired) electrons. The summed E-state index contributed by atoms with van der Waals surface area (Å²) in [6.45, 7) is 7.35. The number of piperidine rings is 3. The fourth-order valence-electron chi connectivity index (χ4n) is 4.36. The Balaban J connectivity index is 1.48. The number of halogens is 2. The van der Waals surface area contributed by atoms with Crippen molar-refractivity contribution in [3.8, 4) is 11.5 Å². The predicted octanol–water partition coefficient (Wildman–Crippen LogP) is 5.15. The lowest BCUT2D eigenvalue weighted by molar-refractivity contribution is 0.0718. The average molecular weight is 435 g/mol. The van der Waals surface area contributed by atoms with Gasteiger partial charge in [-0.05, 0) is 57.0 Å². The summed E-state index contributed by atoms with van der Waals surface area (Å²) in [6, 6.07) is 12.1. The van der Waals surface area contributed by atoms with Crippen LogP contribution in [0.15, 0.2) is 36.4 Å². The lowest BCUT2D eigenvalue weighted by Crippen LogP contribution is -2.55. The molecular weight excluding hydrogens is 407 g/mol. The summed E-state index contributed by atoms with van der Waals surface area (Å²) in [5, 5.41) is 5.01. The first-order chi connectivity index (χ1) is 14.1. The van der Waals surface area contributed by atoms with E-state index in [-0.39, 0.29) is 0 Å². The minimum Gasteiger partial charge on any atom is -0.490 e. The van der Waals surface area contributed by atoms with Gasteiger partial charge in [0.1, 0.15) is 6.61 Å². The van der Waals surface area contributed by atoms with Crippen LogP contribution in [-0.4, -0.2) is 37.2 Å². The van der Waals surface area contributed by atoms with Crippen LogP contribution in [-0.2, 0) is 13.2 Å². The minimum absolute atomic E-state index is 0.368. The van der Waals surface area contributed by atoms with Crippen molar-refractivity contribution >= 4 is 23.2 Å². The van der Waals surface area contributed by atoms with Crippen LogP contribution in [0.5, 0.6) is 11.5 Å². The van der Waals surface area contributed by atoms with Gasteiger partial charge < -0.3 is 19.7 Å². The largest absolute Gasteiger partial charge is 0.490 e. The van der Waals surface area contributed by atoms with Gasteiger partial charge in [-0.1, -0.05) is 41.4 Å². The highest BCUT2D eigenvalue weighted by Crippen LogP contribution is 2.34. The molecule has 4 nitrogen and oxygen atoms in total. The van der Waals surface area contributed by atoms with Crippen LogP contribution in [0.4, 0.5) is 0 Å². The molecule has 6 heteroatoms. The quantitative estimate of drug-likeness (QED) is 0.622. The second kappa shape index (κ2) is 9.57. The summed E-state index contributed by atoms with van der Waals surface area (Å²) in [4.78, 5) is 2.56. The van der Waals surface area contributed by atoms with Crippen molar-refractivity contribution in [2.24, 2.45) is 5.92 Å². The molecule has 2 bridgehead atoms. The molecule has 29 heavy (non-hydrogen) atoms. The van der Waals surface area contributed by atoms with E-state index in [4.69, 9.17) is 32.7 Å². The van der Waals surface area contributed by atoms with E-state index in [2.05, 4.69) is 16.3 Å². The second-order valence-electron chi connectivity index (χ2n) is 7.83. The van der Waals surface area contributed by atoms with Crippen LogP contribution in [0, 0.1) is 5.92 Å². The van der Waals surface area contributed by atoms with E-state index < -0.39 is 0 Å². The molecule has 3 saturated heterocycles. The van der Waals surface area contributed by atoms with Crippen molar-refractivity contribution in [3.05, 3.63) is 57.6 Å². The van der Waals surface area contributed by atoms with Crippen LogP contribution in [0.25, 0.3) is 0 Å². The number of rotatable bonds is 8. The van der Waals surface area contributed by atoms with Gasteiger partial charge in [-0.25, -0.2) is 0 Å². The molecule has 156 valence electrons. The van der Waals surface area contributed by atoms with Gasteiger partial charge in [0.2, 0.25) is 0 Å². The molecule has 2 aromatic carbocycles. The summed E-state index contributed by atoms with van der Waals surface area (Å²) in [7, 11) is 0. The topological polar surface area (TPSA) is 33.7 Å². The standard InChI is InChI=1S/C23H28Cl2N2O2/c1-2-28-22-5-3-4-17(13-26-21-14-27-10-8-16(21)9-11-27)23(22)29-15-18-6-7-19(24)12-20(18)25/h3-7,12,16,21,26H,2,8-11,13-15H2,1H3. The zero-order valence-corrected chi connectivity index (χ0v) is 18.3. The molecule has 0 aliphatic carbocycles. The Morgan fingerprint density at radius 1 is 1.07 bits per heavy atom. The first kappa shape index (κ1) is 20.8. The van der Waals surface area contributed by atoms with E-state index in [1.807, 2.05) is 31.2 Å². The van der Waals surface area contributed by atoms with Crippen LogP contribution >= 0.6 is 23.2 Å². The third-order valence-electron chi connectivity index (χ3n) is 5.96. The zero-order valence-electron chi connectivity index (χ0n) is 16.8. The summed E-state index contributed by atoms with van der Waals surface area (Å²) >= 11 is 12.3. The first-order valence-electron chi connectivity index (χ1n) is 10.4. The third kappa shape index (κ3) is 5.00. The van der Waals surface area contributed by atoms with Crippen molar-refractivity contribution in [1.29, 1.82) is 0 Å². The van der Waals surface area contributed by atoms with Gasteiger partial charge in [0, 0.05) is 40.3 Å². The maximum atomic E-state index is 6.32. The highest BCUT2D eigenvalue weighted by atomic mass is 35.5. The van der Waals surface area contributed by atoms with Gasteiger partial charge in [0.25, 0.3) is 0 Å². The summed E-state index contributed by atoms with van der Waals surface area (Å²) < 4.78 is 12.1. The molecule has 5 rings (SSSR count). The summed E-state index contributed by atoms with van der Waals surface area (Å²) in [5.41, 5.74) is 2.01. The molecule has 1 atom stereocenters. The molecule has 2 aromatic rings. The maximum Gasteiger partial charge on any atom is 0.166 e. The van der Waals surface area contributed by atoms with Crippen LogP contribution in [0.2, 0.25) is 10.0 Å². The second-order valence-corrected chi connectivity index (χ2v) is 8.67. The Bertz CT molecular complexity index is 838. The third-order valence-corrected chi connectivity index (χ3v) is 6.55. The molecule has 1 unspecified atom stereocenters. The number of ether oxygens (including phenoxy) is 2. The average Bonchev–Trinajstić information content (AvgIpc) is 2.73. The Kier molecular flexibility index (Phi) is 6.86. The number of nitrogens with zero attached hydrogens (tertiary/aromatic N) is 1. The number of hydrogen-bond acceptors (Lipinski definition) is 4.